The molecule has 0 saturated heterocycles. The van der Waals surface area contributed by atoms with Crippen LogP contribution in [0.1, 0.15) is 21.5 Å². The van der Waals surface area contributed by atoms with Gasteiger partial charge >= 0.3 is 0 Å². The Morgan fingerprint density at radius 2 is 1.63 bits per heavy atom. The molecule has 3 aromatic carbocycles. The summed E-state index contributed by atoms with van der Waals surface area (Å²) in [6.45, 7) is 1.70. The van der Waals surface area contributed by atoms with Crippen molar-refractivity contribution in [3.05, 3.63) is 89.2 Å². The van der Waals surface area contributed by atoms with Crippen LogP contribution >= 0.6 is 0 Å². The highest BCUT2D eigenvalue weighted by atomic mass is 32.2. The maximum absolute atomic E-state index is 13.0. The molecule has 0 aliphatic rings. The van der Waals surface area contributed by atoms with Gasteiger partial charge in [0.05, 0.1) is 17.4 Å². The molecule has 0 spiro atoms. The van der Waals surface area contributed by atoms with E-state index >= 15 is 0 Å². The number of benzene rings is 3. The number of halogens is 1. The molecule has 152 valence electrons. The van der Waals surface area contributed by atoms with Crippen molar-refractivity contribution >= 4 is 27.3 Å². The van der Waals surface area contributed by atoms with Crippen molar-refractivity contribution in [3.63, 3.8) is 0 Å². The lowest BCUT2D eigenvalue weighted by Crippen LogP contribution is -2.17. The summed E-state index contributed by atoms with van der Waals surface area (Å²) in [5, 5.41) is 11.4. The zero-order valence-electron chi connectivity index (χ0n) is 16.0. The van der Waals surface area contributed by atoms with E-state index in [0.717, 1.165) is 17.7 Å². The van der Waals surface area contributed by atoms with Gasteiger partial charge in [0.2, 0.25) is 0 Å². The number of rotatable bonds is 6. The number of amides is 1. The topological polar surface area (TPSA) is 99.1 Å². The van der Waals surface area contributed by atoms with E-state index in [2.05, 4.69) is 10.0 Å². The first-order valence-electron chi connectivity index (χ1n) is 8.95. The molecule has 30 heavy (non-hydrogen) atoms. The number of nitrogens with zero attached hydrogens (tertiary/aromatic N) is 1. The Morgan fingerprint density at radius 3 is 2.27 bits per heavy atom. The van der Waals surface area contributed by atoms with Gasteiger partial charge in [-0.05, 0) is 66.6 Å². The highest BCUT2D eigenvalue weighted by Crippen LogP contribution is 2.21. The van der Waals surface area contributed by atoms with Crippen molar-refractivity contribution < 1.29 is 17.6 Å². The third kappa shape index (κ3) is 5.01. The van der Waals surface area contributed by atoms with E-state index in [1.807, 2.05) is 6.07 Å². The summed E-state index contributed by atoms with van der Waals surface area (Å²) in [6, 6.07) is 18.0. The molecular weight excluding hydrogens is 405 g/mol. The SMILES string of the molecule is Cc1ccc(S(=O)(=O)Nc2ccc(F)cc2)cc1C(=O)Nc1ccc(CC#N)cc1. The largest absolute Gasteiger partial charge is 0.322 e. The van der Waals surface area contributed by atoms with Crippen molar-refractivity contribution in [2.45, 2.75) is 18.2 Å². The number of anilines is 2. The Kier molecular flexibility index (Phi) is 6.14. The molecule has 0 atom stereocenters. The number of hydrogen-bond donors (Lipinski definition) is 2. The zero-order valence-corrected chi connectivity index (χ0v) is 16.8. The van der Waals surface area contributed by atoms with E-state index in [1.54, 1.807) is 37.3 Å². The van der Waals surface area contributed by atoms with Gasteiger partial charge in [0.1, 0.15) is 5.82 Å². The summed E-state index contributed by atoms with van der Waals surface area (Å²) < 4.78 is 40.7. The fourth-order valence-electron chi connectivity index (χ4n) is 2.74. The van der Waals surface area contributed by atoms with Gasteiger partial charge in [0.15, 0.2) is 0 Å². The molecule has 2 N–H and O–H groups in total. The first-order chi connectivity index (χ1) is 14.3. The number of aryl methyl sites for hydroxylation is 1. The van der Waals surface area contributed by atoms with E-state index < -0.39 is 21.7 Å². The average Bonchev–Trinajstić information content (AvgIpc) is 2.71. The summed E-state index contributed by atoms with van der Waals surface area (Å²) >= 11 is 0. The van der Waals surface area contributed by atoms with Crippen LogP contribution < -0.4 is 10.0 Å². The standard InChI is InChI=1S/C22H18FN3O3S/c1-15-2-11-20(30(28,29)26-19-9-5-17(23)6-10-19)14-21(15)22(27)25-18-7-3-16(4-8-18)12-13-24/h2-11,14,26H,12H2,1H3,(H,25,27). The van der Waals surface area contributed by atoms with Crippen LogP contribution in [0.25, 0.3) is 0 Å². The van der Waals surface area contributed by atoms with Crippen molar-refractivity contribution in [2.24, 2.45) is 0 Å². The van der Waals surface area contributed by atoms with Crippen molar-refractivity contribution in [3.8, 4) is 6.07 Å². The first kappa shape index (κ1) is 21.0. The van der Waals surface area contributed by atoms with Gasteiger partial charge in [-0.1, -0.05) is 18.2 Å². The second kappa shape index (κ2) is 8.76. The number of sulfonamides is 1. The quantitative estimate of drug-likeness (QED) is 0.619. The molecule has 1 amide bonds. The predicted molar refractivity (Wildman–Crippen MR) is 112 cm³/mol. The number of hydrogen-bond acceptors (Lipinski definition) is 4. The lowest BCUT2D eigenvalue weighted by molar-refractivity contribution is 0.102. The summed E-state index contributed by atoms with van der Waals surface area (Å²) in [4.78, 5) is 12.6. The van der Waals surface area contributed by atoms with Crippen molar-refractivity contribution in [2.75, 3.05) is 10.0 Å². The van der Waals surface area contributed by atoms with E-state index in [-0.39, 0.29) is 22.6 Å². The molecule has 0 aliphatic heterocycles. The summed E-state index contributed by atoms with van der Waals surface area (Å²) in [6.07, 6.45) is 0.272. The van der Waals surface area contributed by atoms with Crippen LogP contribution in [-0.2, 0) is 16.4 Å². The second-order valence-electron chi connectivity index (χ2n) is 6.58. The second-order valence-corrected chi connectivity index (χ2v) is 8.26. The smallest absolute Gasteiger partial charge is 0.261 e. The van der Waals surface area contributed by atoms with Crippen LogP contribution in [0.4, 0.5) is 15.8 Å². The Hall–Kier alpha value is -3.70. The molecule has 0 aromatic heterocycles. The third-order valence-electron chi connectivity index (χ3n) is 4.36. The summed E-state index contributed by atoms with van der Waals surface area (Å²) in [7, 11) is -3.97. The average molecular weight is 423 g/mol. The lowest BCUT2D eigenvalue weighted by atomic mass is 10.1. The molecule has 3 rings (SSSR count). The third-order valence-corrected chi connectivity index (χ3v) is 5.73. The Labute approximate surface area is 174 Å². The maximum atomic E-state index is 13.0. The molecule has 0 unspecified atom stereocenters. The minimum absolute atomic E-state index is 0.0908. The Morgan fingerprint density at radius 1 is 1.00 bits per heavy atom. The molecular formula is C22H18FN3O3S. The summed E-state index contributed by atoms with van der Waals surface area (Å²) in [5.74, 6) is -0.938. The van der Waals surface area contributed by atoms with Crippen LogP contribution in [0, 0.1) is 24.1 Å². The minimum Gasteiger partial charge on any atom is -0.322 e. The number of nitrogens with one attached hydrogen (secondary N) is 2. The number of nitriles is 1. The van der Waals surface area contributed by atoms with Crippen LogP contribution in [0.5, 0.6) is 0 Å². The monoisotopic (exact) mass is 423 g/mol. The van der Waals surface area contributed by atoms with Gasteiger partial charge in [-0.3, -0.25) is 9.52 Å². The molecule has 0 radical (unpaired) electrons. The minimum atomic E-state index is -3.97. The van der Waals surface area contributed by atoms with E-state index in [9.17, 15) is 17.6 Å². The van der Waals surface area contributed by atoms with Crippen LogP contribution in [0.15, 0.2) is 71.6 Å². The Balaban J connectivity index is 1.82. The fourth-order valence-corrected chi connectivity index (χ4v) is 3.82. The molecule has 0 heterocycles. The van der Waals surface area contributed by atoms with E-state index in [1.165, 1.54) is 24.3 Å². The van der Waals surface area contributed by atoms with Crippen molar-refractivity contribution in [1.82, 2.24) is 0 Å². The maximum Gasteiger partial charge on any atom is 0.261 e. The number of carbonyl (C=O) groups is 1. The highest BCUT2D eigenvalue weighted by Gasteiger charge is 2.18. The highest BCUT2D eigenvalue weighted by molar-refractivity contribution is 7.92. The Bertz CT molecular complexity index is 1220. The number of carbonyl (C=O) groups excluding carboxylic acids is 1. The predicted octanol–water partition coefficient (Wildman–Crippen LogP) is 4.25. The van der Waals surface area contributed by atoms with Crippen LogP contribution in [-0.4, -0.2) is 14.3 Å². The van der Waals surface area contributed by atoms with E-state index in [0.29, 0.717) is 11.3 Å². The van der Waals surface area contributed by atoms with Gasteiger partial charge < -0.3 is 5.32 Å². The van der Waals surface area contributed by atoms with Gasteiger partial charge in [-0.2, -0.15) is 5.26 Å². The zero-order chi connectivity index (χ0) is 21.7. The molecule has 8 heteroatoms. The van der Waals surface area contributed by atoms with Gasteiger partial charge in [0, 0.05) is 16.9 Å². The lowest BCUT2D eigenvalue weighted by Gasteiger charge is -2.12. The molecule has 3 aromatic rings. The molecule has 0 aliphatic carbocycles. The molecule has 0 saturated carbocycles. The summed E-state index contributed by atoms with van der Waals surface area (Å²) in [5.41, 5.74) is 2.37. The van der Waals surface area contributed by atoms with Gasteiger partial charge in [-0.15, -0.1) is 0 Å². The fraction of sp³-hybridized carbons (Fsp3) is 0.0909. The molecule has 6 nitrogen and oxygen atoms in total. The van der Waals surface area contributed by atoms with E-state index in [4.69, 9.17) is 5.26 Å². The van der Waals surface area contributed by atoms with Crippen LogP contribution in [0.3, 0.4) is 0 Å². The van der Waals surface area contributed by atoms with Gasteiger partial charge in [0.25, 0.3) is 15.9 Å². The molecule has 0 fully saturated rings. The first-order valence-corrected chi connectivity index (χ1v) is 10.4. The normalized spacial score (nSPS) is 10.8. The van der Waals surface area contributed by atoms with Crippen molar-refractivity contribution in [1.29, 1.82) is 5.26 Å². The van der Waals surface area contributed by atoms with Gasteiger partial charge in [-0.25, -0.2) is 12.8 Å². The molecule has 0 bridgehead atoms. The van der Waals surface area contributed by atoms with Crippen LogP contribution in [0.2, 0.25) is 0 Å².